The molecule has 1 atom stereocenters. The fraction of sp³-hybridized carbons (Fsp3) is 0.538. The van der Waals surface area contributed by atoms with Gasteiger partial charge in [0.1, 0.15) is 0 Å². The van der Waals surface area contributed by atoms with Crippen LogP contribution in [0, 0.1) is 0 Å². The molecule has 16 heavy (non-hydrogen) atoms. The molecular formula is C13H20N2O. The second-order valence-corrected chi connectivity index (χ2v) is 4.50. The van der Waals surface area contributed by atoms with Gasteiger partial charge in [0.2, 0.25) is 0 Å². The molecule has 1 aromatic carbocycles. The largest absolute Gasteiger partial charge is 0.392 e. The molecule has 0 saturated carbocycles. The molecule has 0 spiro atoms. The van der Waals surface area contributed by atoms with Gasteiger partial charge in [-0.1, -0.05) is 12.1 Å². The molecule has 2 rings (SSSR count). The Morgan fingerprint density at radius 2 is 2.38 bits per heavy atom. The van der Waals surface area contributed by atoms with Crippen LogP contribution < -0.4 is 10.6 Å². The number of hydrogen-bond donors (Lipinski definition) is 3. The molecule has 0 aromatic heterocycles. The van der Waals surface area contributed by atoms with Gasteiger partial charge in [0, 0.05) is 25.3 Å². The zero-order chi connectivity index (χ0) is 11.4. The molecule has 3 N–H and O–H groups in total. The SMILES string of the molecule is CC(O)CNCc1ccc2c(c1)CCCN2. The Morgan fingerprint density at radius 3 is 3.19 bits per heavy atom. The highest BCUT2D eigenvalue weighted by molar-refractivity contribution is 5.54. The number of aryl methyl sites for hydroxylation is 1. The Kier molecular flexibility index (Phi) is 3.80. The molecule has 0 saturated heterocycles. The van der Waals surface area contributed by atoms with Crippen molar-refractivity contribution in [3.05, 3.63) is 29.3 Å². The van der Waals surface area contributed by atoms with Crippen LogP contribution in [0.5, 0.6) is 0 Å². The fourth-order valence-corrected chi connectivity index (χ4v) is 2.06. The maximum absolute atomic E-state index is 9.15. The van der Waals surface area contributed by atoms with Gasteiger partial charge in [-0.05, 0) is 37.0 Å². The Bertz CT molecular complexity index is 350. The molecule has 0 aliphatic carbocycles. The summed E-state index contributed by atoms with van der Waals surface area (Å²) in [5.41, 5.74) is 4.00. The highest BCUT2D eigenvalue weighted by Crippen LogP contribution is 2.22. The fourth-order valence-electron chi connectivity index (χ4n) is 2.06. The first-order valence-electron chi connectivity index (χ1n) is 6.00. The predicted octanol–water partition coefficient (Wildman–Crippen LogP) is 1.52. The average molecular weight is 220 g/mol. The zero-order valence-electron chi connectivity index (χ0n) is 9.79. The molecule has 1 aliphatic rings. The minimum Gasteiger partial charge on any atom is -0.392 e. The molecule has 1 aliphatic heterocycles. The lowest BCUT2D eigenvalue weighted by molar-refractivity contribution is 0.191. The van der Waals surface area contributed by atoms with Gasteiger partial charge in [0.15, 0.2) is 0 Å². The van der Waals surface area contributed by atoms with Crippen molar-refractivity contribution in [2.75, 3.05) is 18.4 Å². The molecule has 0 amide bonds. The Morgan fingerprint density at radius 1 is 1.50 bits per heavy atom. The monoisotopic (exact) mass is 220 g/mol. The molecule has 0 fully saturated rings. The van der Waals surface area contributed by atoms with E-state index in [0.29, 0.717) is 6.54 Å². The number of hydrogen-bond acceptors (Lipinski definition) is 3. The van der Waals surface area contributed by atoms with Gasteiger partial charge in [-0.25, -0.2) is 0 Å². The van der Waals surface area contributed by atoms with Crippen molar-refractivity contribution < 1.29 is 5.11 Å². The lowest BCUT2D eigenvalue weighted by Crippen LogP contribution is -2.24. The highest BCUT2D eigenvalue weighted by Gasteiger charge is 2.08. The summed E-state index contributed by atoms with van der Waals surface area (Å²) in [6.07, 6.45) is 2.11. The molecule has 0 bridgehead atoms. The second-order valence-electron chi connectivity index (χ2n) is 4.50. The summed E-state index contributed by atoms with van der Waals surface area (Å²) >= 11 is 0. The third kappa shape index (κ3) is 2.97. The molecule has 1 heterocycles. The van der Waals surface area contributed by atoms with Crippen molar-refractivity contribution in [2.45, 2.75) is 32.4 Å². The quantitative estimate of drug-likeness (QED) is 0.721. The first kappa shape index (κ1) is 11.4. The molecule has 3 nitrogen and oxygen atoms in total. The van der Waals surface area contributed by atoms with Crippen LogP contribution >= 0.6 is 0 Å². The van der Waals surface area contributed by atoms with E-state index < -0.39 is 0 Å². The summed E-state index contributed by atoms with van der Waals surface area (Å²) in [4.78, 5) is 0. The topological polar surface area (TPSA) is 44.3 Å². The lowest BCUT2D eigenvalue weighted by atomic mass is 10.0. The molecule has 1 aromatic rings. The number of anilines is 1. The minimum atomic E-state index is -0.278. The number of nitrogens with one attached hydrogen (secondary N) is 2. The first-order valence-corrected chi connectivity index (χ1v) is 6.00. The number of benzene rings is 1. The van der Waals surface area contributed by atoms with Gasteiger partial charge in [0.25, 0.3) is 0 Å². The number of aliphatic hydroxyl groups excluding tert-OH is 1. The molecule has 1 unspecified atom stereocenters. The van der Waals surface area contributed by atoms with E-state index in [0.717, 1.165) is 13.1 Å². The van der Waals surface area contributed by atoms with E-state index in [1.807, 2.05) is 0 Å². The van der Waals surface area contributed by atoms with Crippen LogP contribution in [-0.2, 0) is 13.0 Å². The predicted molar refractivity (Wildman–Crippen MR) is 66.6 cm³/mol. The number of fused-ring (bicyclic) bond motifs is 1. The van der Waals surface area contributed by atoms with Gasteiger partial charge >= 0.3 is 0 Å². The Labute approximate surface area is 96.9 Å². The minimum absolute atomic E-state index is 0.278. The van der Waals surface area contributed by atoms with Crippen LogP contribution in [-0.4, -0.2) is 24.3 Å². The average Bonchev–Trinajstić information content (AvgIpc) is 2.28. The van der Waals surface area contributed by atoms with Gasteiger partial charge in [-0.2, -0.15) is 0 Å². The third-order valence-electron chi connectivity index (χ3n) is 2.88. The maximum atomic E-state index is 9.15. The Hall–Kier alpha value is -1.06. The highest BCUT2D eigenvalue weighted by atomic mass is 16.3. The van der Waals surface area contributed by atoms with Crippen molar-refractivity contribution in [1.82, 2.24) is 5.32 Å². The van der Waals surface area contributed by atoms with E-state index in [-0.39, 0.29) is 6.10 Å². The van der Waals surface area contributed by atoms with E-state index in [1.165, 1.54) is 29.7 Å². The van der Waals surface area contributed by atoms with E-state index in [2.05, 4.69) is 28.8 Å². The van der Waals surface area contributed by atoms with Crippen molar-refractivity contribution in [1.29, 1.82) is 0 Å². The van der Waals surface area contributed by atoms with Crippen molar-refractivity contribution in [3.8, 4) is 0 Å². The van der Waals surface area contributed by atoms with Crippen LogP contribution in [0.2, 0.25) is 0 Å². The smallest absolute Gasteiger partial charge is 0.0636 e. The van der Waals surface area contributed by atoms with E-state index >= 15 is 0 Å². The molecular weight excluding hydrogens is 200 g/mol. The molecule has 3 heteroatoms. The van der Waals surface area contributed by atoms with Crippen LogP contribution in [0.15, 0.2) is 18.2 Å². The standard InChI is InChI=1S/C13H20N2O/c1-10(16)8-14-9-11-4-5-13-12(7-11)3-2-6-15-13/h4-5,7,10,14-16H,2-3,6,8-9H2,1H3. The van der Waals surface area contributed by atoms with Gasteiger partial charge < -0.3 is 15.7 Å². The normalized spacial score (nSPS) is 16.4. The summed E-state index contributed by atoms with van der Waals surface area (Å²) in [6.45, 7) is 4.36. The number of aliphatic hydroxyl groups is 1. The van der Waals surface area contributed by atoms with E-state index in [1.54, 1.807) is 6.92 Å². The van der Waals surface area contributed by atoms with Gasteiger partial charge in [0.05, 0.1) is 6.10 Å². The summed E-state index contributed by atoms with van der Waals surface area (Å²) in [5, 5.41) is 15.8. The summed E-state index contributed by atoms with van der Waals surface area (Å²) in [5.74, 6) is 0. The van der Waals surface area contributed by atoms with Crippen LogP contribution in [0.1, 0.15) is 24.5 Å². The van der Waals surface area contributed by atoms with Crippen molar-refractivity contribution >= 4 is 5.69 Å². The zero-order valence-corrected chi connectivity index (χ0v) is 9.79. The Balaban J connectivity index is 1.95. The second kappa shape index (κ2) is 5.32. The van der Waals surface area contributed by atoms with E-state index in [4.69, 9.17) is 5.11 Å². The van der Waals surface area contributed by atoms with Crippen LogP contribution in [0.25, 0.3) is 0 Å². The lowest BCUT2D eigenvalue weighted by Gasteiger charge is -2.18. The number of rotatable bonds is 4. The molecule has 88 valence electrons. The third-order valence-corrected chi connectivity index (χ3v) is 2.88. The van der Waals surface area contributed by atoms with Gasteiger partial charge in [-0.15, -0.1) is 0 Å². The van der Waals surface area contributed by atoms with Crippen molar-refractivity contribution in [3.63, 3.8) is 0 Å². The van der Waals surface area contributed by atoms with Crippen LogP contribution in [0.4, 0.5) is 5.69 Å². The van der Waals surface area contributed by atoms with Crippen molar-refractivity contribution in [2.24, 2.45) is 0 Å². The van der Waals surface area contributed by atoms with Gasteiger partial charge in [-0.3, -0.25) is 0 Å². The summed E-state index contributed by atoms with van der Waals surface area (Å²) < 4.78 is 0. The molecule has 0 radical (unpaired) electrons. The van der Waals surface area contributed by atoms with Crippen LogP contribution in [0.3, 0.4) is 0 Å². The van der Waals surface area contributed by atoms with E-state index in [9.17, 15) is 0 Å². The maximum Gasteiger partial charge on any atom is 0.0636 e. The first-order chi connectivity index (χ1) is 7.75. The summed E-state index contributed by atoms with van der Waals surface area (Å²) in [7, 11) is 0. The summed E-state index contributed by atoms with van der Waals surface area (Å²) in [6, 6.07) is 6.57.